The highest BCUT2D eigenvalue weighted by atomic mass is 16.5. The van der Waals surface area contributed by atoms with E-state index in [1.807, 2.05) is 0 Å². The zero-order valence-corrected chi connectivity index (χ0v) is 23.2. The van der Waals surface area contributed by atoms with Crippen LogP contribution >= 0.6 is 0 Å². The third-order valence-electron chi connectivity index (χ3n) is 10.2. The van der Waals surface area contributed by atoms with Crippen LogP contribution in [0.25, 0.3) is 0 Å². The van der Waals surface area contributed by atoms with Gasteiger partial charge in [0.25, 0.3) is 0 Å². The molecule has 0 heterocycles. The summed E-state index contributed by atoms with van der Waals surface area (Å²) >= 11 is 0. The van der Waals surface area contributed by atoms with E-state index in [-0.39, 0.29) is 18.5 Å². The summed E-state index contributed by atoms with van der Waals surface area (Å²) in [6.45, 7) is 8.09. The summed E-state index contributed by atoms with van der Waals surface area (Å²) in [4.78, 5) is 11.7. The molecule has 3 aliphatic rings. The molecule has 0 aliphatic heterocycles. The SMILES string of the molecule is C=C(C)C(=O)OCC(CO)C1CCC(CCC2CCC(C3CCC(CCCCC)CC3)CC2)CC1. The maximum Gasteiger partial charge on any atom is 0.333 e. The number of hydrogen-bond donors (Lipinski definition) is 1. The minimum absolute atomic E-state index is 0.0842. The average Bonchev–Trinajstić information content (AvgIpc) is 2.89. The van der Waals surface area contributed by atoms with Crippen LogP contribution in [0.2, 0.25) is 0 Å². The van der Waals surface area contributed by atoms with Crippen LogP contribution in [0.4, 0.5) is 0 Å². The molecule has 0 amide bonds. The average molecular weight is 489 g/mol. The van der Waals surface area contributed by atoms with Crippen LogP contribution in [-0.2, 0) is 9.53 Å². The van der Waals surface area contributed by atoms with E-state index in [2.05, 4.69) is 13.5 Å². The third-order valence-corrected chi connectivity index (χ3v) is 10.2. The fourth-order valence-electron chi connectivity index (χ4n) is 7.64. The van der Waals surface area contributed by atoms with Crippen molar-refractivity contribution in [1.29, 1.82) is 0 Å². The molecule has 0 radical (unpaired) electrons. The molecule has 3 saturated carbocycles. The summed E-state index contributed by atoms with van der Waals surface area (Å²) < 4.78 is 5.34. The largest absolute Gasteiger partial charge is 0.462 e. The number of esters is 1. The van der Waals surface area contributed by atoms with E-state index in [4.69, 9.17) is 4.74 Å². The molecule has 3 nitrogen and oxygen atoms in total. The lowest BCUT2D eigenvalue weighted by Crippen LogP contribution is -2.29. The van der Waals surface area contributed by atoms with Gasteiger partial charge in [0, 0.05) is 18.1 Å². The first-order valence-electron chi connectivity index (χ1n) is 15.4. The van der Waals surface area contributed by atoms with E-state index in [0.717, 1.165) is 29.6 Å². The van der Waals surface area contributed by atoms with Crippen molar-refractivity contribution in [3.63, 3.8) is 0 Å². The normalized spacial score (nSPS) is 32.7. The molecule has 35 heavy (non-hydrogen) atoms. The van der Waals surface area contributed by atoms with Gasteiger partial charge in [0.05, 0.1) is 6.61 Å². The van der Waals surface area contributed by atoms with Crippen LogP contribution in [0.1, 0.15) is 129 Å². The molecule has 0 bridgehead atoms. The molecule has 0 aromatic rings. The highest BCUT2D eigenvalue weighted by Gasteiger charge is 2.32. The van der Waals surface area contributed by atoms with Crippen LogP contribution in [0, 0.1) is 41.4 Å². The summed E-state index contributed by atoms with van der Waals surface area (Å²) in [5.41, 5.74) is 0.435. The predicted octanol–water partition coefficient (Wildman–Crippen LogP) is 8.49. The predicted molar refractivity (Wildman–Crippen MR) is 146 cm³/mol. The van der Waals surface area contributed by atoms with Crippen LogP contribution in [0.3, 0.4) is 0 Å². The lowest BCUT2D eigenvalue weighted by atomic mass is 9.67. The molecule has 3 fully saturated rings. The van der Waals surface area contributed by atoms with Gasteiger partial charge in [0.2, 0.25) is 0 Å². The Morgan fingerprint density at radius 1 is 0.800 bits per heavy atom. The van der Waals surface area contributed by atoms with Crippen LogP contribution in [-0.4, -0.2) is 24.3 Å². The lowest BCUT2D eigenvalue weighted by molar-refractivity contribution is -0.141. The first-order valence-corrected chi connectivity index (χ1v) is 15.4. The second-order valence-corrected chi connectivity index (χ2v) is 12.7. The van der Waals surface area contributed by atoms with Crippen molar-refractivity contribution in [2.45, 2.75) is 129 Å². The topological polar surface area (TPSA) is 46.5 Å². The Kier molecular flexibility index (Phi) is 12.7. The molecule has 0 aromatic carbocycles. The van der Waals surface area contributed by atoms with E-state index in [9.17, 15) is 9.90 Å². The number of unbranched alkanes of at least 4 members (excludes halogenated alkanes) is 2. The molecule has 202 valence electrons. The van der Waals surface area contributed by atoms with Crippen LogP contribution in [0.15, 0.2) is 12.2 Å². The van der Waals surface area contributed by atoms with Crippen LogP contribution in [0.5, 0.6) is 0 Å². The number of aliphatic hydroxyl groups excluding tert-OH is 1. The second kappa shape index (κ2) is 15.4. The zero-order chi connectivity index (χ0) is 25.0. The Morgan fingerprint density at radius 3 is 1.74 bits per heavy atom. The van der Waals surface area contributed by atoms with E-state index in [1.165, 1.54) is 116 Å². The smallest absolute Gasteiger partial charge is 0.333 e. The third kappa shape index (κ3) is 9.52. The standard InChI is InChI=1S/C32H56O3/c1-4-5-6-7-25-10-16-28(17-11-25)29-18-12-26(13-19-29)8-9-27-14-20-30(21-15-27)31(22-33)23-35-32(34)24(2)3/h25-31,33H,2,4-23H2,1,3H3. The van der Waals surface area contributed by atoms with Gasteiger partial charge >= 0.3 is 5.97 Å². The minimum Gasteiger partial charge on any atom is -0.462 e. The number of aliphatic hydroxyl groups is 1. The van der Waals surface area contributed by atoms with Crippen molar-refractivity contribution in [2.24, 2.45) is 41.4 Å². The molecular weight excluding hydrogens is 432 g/mol. The molecule has 3 heteroatoms. The Morgan fingerprint density at radius 2 is 1.29 bits per heavy atom. The van der Waals surface area contributed by atoms with Gasteiger partial charge < -0.3 is 9.84 Å². The van der Waals surface area contributed by atoms with Gasteiger partial charge in [0.15, 0.2) is 0 Å². The first kappa shape index (κ1) is 28.7. The molecule has 3 aliphatic carbocycles. The Labute approximate surface area is 216 Å². The van der Waals surface area contributed by atoms with Crippen molar-refractivity contribution >= 4 is 5.97 Å². The lowest BCUT2D eigenvalue weighted by Gasteiger charge is -2.38. The number of carbonyl (C=O) groups excluding carboxylic acids is 1. The zero-order valence-electron chi connectivity index (χ0n) is 23.2. The highest BCUT2D eigenvalue weighted by Crippen LogP contribution is 2.44. The molecule has 1 unspecified atom stereocenters. The summed E-state index contributed by atoms with van der Waals surface area (Å²) in [6, 6.07) is 0. The van der Waals surface area contributed by atoms with Gasteiger partial charge in [-0.05, 0) is 81.0 Å². The van der Waals surface area contributed by atoms with Crippen molar-refractivity contribution in [1.82, 2.24) is 0 Å². The summed E-state index contributed by atoms with van der Waals surface area (Å²) in [7, 11) is 0. The van der Waals surface area contributed by atoms with E-state index in [1.54, 1.807) is 6.92 Å². The van der Waals surface area contributed by atoms with Crippen molar-refractivity contribution in [3.8, 4) is 0 Å². The van der Waals surface area contributed by atoms with E-state index < -0.39 is 0 Å². The van der Waals surface area contributed by atoms with Crippen molar-refractivity contribution in [3.05, 3.63) is 12.2 Å². The van der Waals surface area contributed by atoms with Gasteiger partial charge in [-0.3, -0.25) is 0 Å². The quantitative estimate of drug-likeness (QED) is 0.161. The maximum atomic E-state index is 11.7. The molecule has 0 aromatic heterocycles. The first-order chi connectivity index (χ1) is 17.0. The van der Waals surface area contributed by atoms with Gasteiger partial charge in [-0.15, -0.1) is 0 Å². The van der Waals surface area contributed by atoms with Gasteiger partial charge in [-0.1, -0.05) is 90.6 Å². The fourth-order valence-corrected chi connectivity index (χ4v) is 7.64. The van der Waals surface area contributed by atoms with Crippen molar-refractivity contribution < 1.29 is 14.6 Å². The minimum atomic E-state index is -0.332. The number of ether oxygens (including phenoxy) is 1. The van der Waals surface area contributed by atoms with Crippen LogP contribution < -0.4 is 0 Å². The van der Waals surface area contributed by atoms with E-state index in [0.29, 0.717) is 18.1 Å². The van der Waals surface area contributed by atoms with Crippen molar-refractivity contribution in [2.75, 3.05) is 13.2 Å². The highest BCUT2D eigenvalue weighted by molar-refractivity contribution is 5.86. The number of rotatable bonds is 13. The van der Waals surface area contributed by atoms with Gasteiger partial charge in [-0.25, -0.2) is 4.79 Å². The van der Waals surface area contributed by atoms with E-state index >= 15 is 0 Å². The molecule has 0 spiro atoms. The molecule has 1 N–H and O–H groups in total. The molecule has 1 atom stereocenters. The number of hydrogen-bond acceptors (Lipinski definition) is 3. The molecule has 3 rings (SSSR count). The monoisotopic (exact) mass is 488 g/mol. The summed E-state index contributed by atoms with van der Waals surface area (Å²) in [5.74, 6) is 5.21. The Hall–Kier alpha value is -0.830. The van der Waals surface area contributed by atoms with Gasteiger partial charge in [0.1, 0.15) is 0 Å². The summed E-state index contributed by atoms with van der Waals surface area (Å²) in [5, 5.41) is 9.83. The Balaban J connectivity index is 1.26. The fraction of sp³-hybridized carbons (Fsp3) is 0.906. The number of carbonyl (C=O) groups is 1. The second-order valence-electron chi connectivity index (χ2n) is 12.7. The van der Waals surface area contributed by atoms with Gasteiger partial charge in [-0.2, -0.15) is 0 Å². The molecular formula is C32H56O3. The molecule has 0 saturated heterocycles. The summed E-state index contributed by atoms with van der Waals surface area (Å²) in [6.07, 6.45) is 25.6. The maximum absolute atomic E-state index is 11.7. The Bertz CT molecular complexity index is 604.